The molecule has 0 aromatic heterocycles. The molecule has 2 saturated heterocycles. The van der Waals surface area contributed by atoms with Gasteiger partial charge in [0.1, 0.15) is 0 Å². The summed E-state index contributed by atoms with van der Waals surface area (Å²) < 4.78 is 5.51. The van der Waals surface area contributed by atoms with E-state index < -0.39 is 0 Å². The summed E-state index contributed by atoms with van der Waals surface area (Å²) in [5, 5.41) is 12.6. The van der Waals surface area contributed by atoms with Crippen molar-refractivity contribution in [3.8, 4) is 0 Å². The van der Waals surface area contributed by atoms with Crippen molar-refractivity contribution in [1.29, 1.82) is 0 Å². The van der Waals surface area contributed by atoms with Crippen LogP contribution in [0, 0.1) is 0 Å². The van der Waals surface area contributed by atoms with Crippen LogP contribution in [-0.4, -0.2) is 84.9 Å². The van der Waals surface area contributed by atoms with Crippen LogP contribution in [0.25, 0.3) is 0 Å². The van der Waals surface area contributed by atoms with E-state index in [-0.39, 0.29) is 24.1 Å². The van der Waals surface area contributed by atoms with E-state index in [9.17, 15) is 9.90 Å². The fourth-order valence-corrected chi connectivity index (χ4v) is 4.67. The molecule has 3 rings (SSSR count). The van der Waals surface area contributed by atoms with Crippen molar-refractivity contribution in [2.75, 3.05) is 52.5 Å². The van der Waals surface area contributed by atoms with Crippen LogP contribution in [0.2, 0.25) is 0 Å². The largest absolute Gasteiger partial charge is 0.395 e. The second-order valence-corrected chi connectivity index (χ2v) is 7.61. The molecule has 6 heteroatoms. The molecule has 1 atom stereocenters. The topological polar surface area (TPSA) is 65.0 Å². The van der Waals surface area contributed by atoms with E-state index in [1.54, 1.807) is 0 Å². The summed E-state index contributed by atoms with van der Waals surface area (Å²) in [4.78, 5) is 17.1. The van der Waals surface area contributed by atoms with E-state index in [1.807, 2.05) is 0 Å². The molecule has 0 aromatic rings. The van der Waals surface area contributed by atoms with Crippen LogP contribution < -0.4 is 5.32 Å². The Balaban J connectivity index is 1.54. The van der Waals surface area contributed by atoms with Gasteiger partial charge in [0.15, 0.2) is 0 Å². The van der Waals surface area contributed by atoms with Crippen molar-refractivity contribution in [1.82, 2.24) is 15.1 Å². The minimum atomic E-state index is 0.105. The molecule has 2 heterocycles. The lowest BCUT2D eigenvalue weighted by atomic mass is 9.79. The first-order chi connectivity index (χ1) is 11.7. The number of carbonyl (C=O) groups excluding carboxylic acids is 1. The molecule has 1 aliphatic carbocycles. The summed E-state index contributed by atoms with van der Waals surface area (Å²) >= 11 is 0. The van der Waals surface area contributed by atoms with Crippen LogP contribution in [0.3, 0.4) is 0 Å². The third-order valence-electron chi connectivity index (χ3n) is 6.14. The molecule has 3 aliphatic rings. The number of nitrogens with zero attached hydrogens (tertiary/aromatic N) is 2. The van der Waals surface area contributed by atoms with Crippen LogP contribution >= 0.6 is 0 Å². The standard InChI is InChI=1S/C18H33N3O3/c22-14-16-5-4-8-20(16)13-17(23)19-15-18(6-2-1-3-7-18)21-9-11-24-12-10-21/h16,22H,1-15H2,(H,19,23)/t16-/m1/s1. The van der Waals surface area contributed by atoms with Crippen LogP contribution in [0.5, 0.6) is 0 Å². The van der Waals surface area contributed by atoms with Gasteiger partial charge in [-0.15, -0.1) is 0 Å². The minimum Gasteiger partial charge on any atom is -0.395 e. The maximum atomic E-state index is 12.5. The summed E-state index contributed by atoms with van der Waals surface area (Å²) in [6.45, 7) is 5.83. The van der Waals surface area contributed by atoms with E-state index in [1.165, 1.54) is 32.1 Å². The van der Waals surface area contributed by atoms with Crippen LogP contribution in [-0.2, 0) is 9.53 Å². The van der Waals surface area contributed by atoms with Crippen molar-refractivity contribution in [3.05, 3.63) is 0 Å². The lowest BCUT2D eigenvalue weighted by Gasteiger charge is -2.48. The number of carbonyl (C=O) groups is 1. The quantitative estimate of drug-likeness (QED) is 0.742. The normalized spacial score (nSPS) is 28.8. The molecule has 3 fully saturated rings. The highest BCUT2D eigenvalue weighted by Gasteiger charge is 2.39. The van der Waals surface area contributed by atoms with Crippen molar-refractivity contribution in [3.63, 3.8) is 0 Å². The Labute approximate surface area is 145 Å². The van der Waals surface area contributed by atoms with Crippen molar-refractivity contribution < 1.29 is 14.6 Å². The third-order valence-corrected chi connectivity index (χ3v) is 6.14. The molecule has 1 saturated carbocycles. The van der Waals surface area contributed by atoms with E-state index in [0.717, 1.165) is 52.2 Å². The zero-order chi connectivity index (χ0) is 16.8. The molecule has 0 radical (unpaired) electrons. The Morgan fingerprint density at radius 2 is 1.88 bits per heavy atom. The number of hydrogen-bond acceptors (Lipinski definition) is 5. The first-order valence-electron chi connectivity index (χ1n) is 9.68. The monoisotopic (exact) mass is 339 g/mol. The predicted molar refractivity (Wildman–Crippen MR) is 92.9 cm³/mol. The molecule has 0 bridgehead atoms. The van der Waals surface area contributed by atoms with Crippen LogP contribution in [0.4, 0.5) is 0 Å². The Morgan fingerprint density at radius 1 is 1.12 bits per heavy atom. The molecular formula is C18H33N3O3. The molecule has 138 valence electrons. The Bertz CT molecular complexity index is 406. The number of rotatable bonds is 6. The van der Waals surface area contributed by atoms with Gasteiger partial charge >= 0.3 is 0 Å². The summed E-state index contributed by atoms with van der Waals surface area (Å²) in [6.07, 6.45) is 8.26. The molecule has 1 amide bonds. The fourth-order valence-electron chi connectivity index (χ4n) is 4.67. The van der Waals surface area contributed by atoms with Crippen molar-refractivity contribution >= 4 is 5.91 Å². The van der Waals surface area contributed by atoms with E-state index in [0.29, 0.717) is 6.54 Å². The summed E-state index contributed by atoms with van der Waals surface area (Å²) in [7, 11) is 0. The zero-order valence-electron chi connectivity index (χ0n) is 14.8. The highest BCUT2D eigenvalue weighted by Crippen LogP contribution is 2.33. The van der Waals surface area contributed by atoms with Crippen molar-refractivity contribution in [2.24, 2.45) is 0 Å². The van der Waals surface area contributed by atoms with Gasteiger partial charge in [0.2, 0.25) is 5.91 Å². The molecule has 24 heavy (non-hydrogen) atoms. The molecule has 0 spiro atoms. The molecule has 6 nitrogen and oxygen atoms in total. The highest BCUT2D eigenvalue weighted by atomic mass is 16.5. The molecule has 2 N–H and O–H groups in total. The maximum absolute atomic E-state index is 12.5. The van der Waals surface area contributed by atoms with Gasteiger partial charge in [0.05, 0.1) is 26.4 Å². The van der Waals surface area contributed by atoms with Crippen molar-refractivity contribution in [2.45, 2.75) is 56.5 Å². The Hall–Kier alpha value is -0.690. The molecule has 2 aliphatic heterocycles. The molecular weight excluding hydrogens is 306 g/mol. The van der Waals surface area contributed by atoms with Gasteiger partial charge in [-0.3, -0.25) is 14.6 Å². The Kier molecular flexibility index (Phi) is 6.49. The number of ether oxygens (including phenoxy) is 1. The smallest absolute Gasteiger partial charge is 0.234 e. The highest BCUT2D eigenvalue weighted by molar-refractivity contribution is 5.78. The number of hydrogen-bond donors (Lipinski definition) is 2. The number of nitrogens with one attached hydrogen (secondary N) is 1. The average Bonchev–Trinajstić information content (AvgIpc) is 3.08. The van der Waals surface area contributed by atoms with Gasteiger partial charge in [-0.25, -0.2) is 0 Å². The summed E-state index contributed by atoms with van der Waals surface area (Å²) in [5.74, 6) is 0.105. The SMILES string of the molecule is O=C(CN1CCC[C@@H]1CO)NCC1(N2CCOCC2)CCCCC1. The average molecular weight is 339 g/mol. The number of likely N-dealkylation sites (tertiary alicyclic amines) is 1. The van der Waals surface area contributed by atoms with Gasteiger partial charge in [0.25, 0.3) is 0 Å². The number of morpholine rings is 1. The van der Waals surface area contributed by atoms with E-state index >= 15 is 0 Å². The number of aliphatic hydroxyl groups excluding tert-OH is 1. The van der Waals surface area contributed by atoms with Crippen LogP contribution in [0.15, 0.2) is 0 Å². The van der Waals surface area contributed by atoms with Crippen LogP contribution in [0.1, 0.15) is 44.9 Å². The molecule has 0 aromatic carbocycles. The molecule has 0 unspecified atom stereocenters. The first-order valence-corrected chi connectivity index (χ1v) is 9.68. The number of amides is 1. The second-order valence-electron chi connectivity index (χ2n) is 7.61. The number of aliphatic hydroxyl groups is 1. The van der Waals surface area contributed by atoms with Gasteiger partial charge in [-0.1, -0.05) is 19.3 Å². The Morgan fingerprint density at radius 3 is 2.58 bits per heavy atom. The summed E-state index contributed by atoms with van der Waals surface area (Å²) in [6, 6.07) is 0.165. The van der Waals surface area contributed by atoms with Gasteiger partial charge in [-0.05, 0) is 32.2 Å². The summed E-state index contributed by atoms with van der Waals surface area (Å²) in [5.41, 5.74) is 0.124. The van der Waals surface area contributed by atoms with Gasteiger partial charge in [0, 0.05) is 31.2 Å². The predicted octanol–water partition coefficient (Wildman–Crippen LogP) is 0.594. The third kappa shape index (κ3) is 4.28. The van der Waals surface area contributed by atoms with E-state index in [4.69, 9.17) is 4.74 Å². The lowest BCUT2D eigenvalue weighted by Crippen LogP contribution is -2.60. The fraction of sp³-hybridized carbons (Fsp3) is 0.944. The lowest BCUT2D eigenvalue weighted by molar-refractivity contribution is -0.123. The minimum absolute atomic E-state index is 0.105. The van der Waals surface area contributed by atoms with Gasteiger partial charge < -0.3 is 15.2 Å². The second kappa shape index (κ2) is 8.61. The maximum Gasteiger partial charge on any atom is 0.234 e. The van der Waals surface area contributed by atoms with Gasteiger partial charge in [-0.2, -0.15) is 0 Å². The zero-order valence-corrected chi connectivity index (χ0v) is 14.8. The first kappa shape index (κ1) is 18.1. The van der Waals surface area contributed by atoms with E-state index in [2.05, 4.69) is 15.1 Å².